The lowest BCUT2D eigenvalue weighted by molar-refractivity contribution is 0.0780. The number of hydrogen-bond acceptors (Lipinski definition) is 3. The molecule has 78 valence electrons. The second-order valence-corrected chi connectivity index (χ2v) is 4.73. The molecule has 0 radical (unpaired) electrons. The van der Waals surface area contributed by atoms with E-state index in [0.29, 0.717) is 12.6 Å². The summed E-state index contributed by atoms with van der Waals surface area (Å²) in [5.74, 6) is 2.28. The average molecular weight is 207 g/mol. The molecule has 0 aliphatic carbocycles. The molecule has 0 spiro atoms. The van der Waals surface area contributed by atoms with Gasteiger partial charge < -0.3 is 5.11 Å². The molecule has 1 heterocycles. The van der Waals surface area contributed by atoms with Crippen molar-refractivity contribution >= 4 is 11.8 Å². The van der Waals surface area contributed by atoms with Crippen LogP contribution >= 0.6 is 11.8 Å². The molecule has 0 saturated carbocycles. The van der Waals surface area contributed by atoms with Crippen molar-refractivity contribution in [1.82, 2.24) is 4.90 Å². The van der Waals surface area contributed by atoms with E-state index in [1.165, 1.54) is 5.75 Å². The summed E-state index contributed by atoms with van der Waals surface area (Å²) >= 11 is 1.95. The van der Waals surface area contributed by atoms with Crippen LogP contribution in [0.5, 0.6) is 0 Å². The minimum absolute atomic E-state index is 0.466. The van der Waals surface area contributed by atoms with Crippen molar-refractivity contribution in [3.63, 3.8) is 0 Å². The lowest BCUT2D eigenvalue weighted by Gasteiger charge is -2.27. The number of alkyl halides is 1. The molecule has 1 saturated heterocycles. The standard InChI is InChI=1S/C9H18FNOS/c1-8-7-13-4-2-3-11(8)6-9(12)5-10/h8-9,12H,2-7H2,1H3. The van der Waals surface area contributed by atoms with Gasteiger partial charge >= 0.3 is 0 Å². The van der Waals surface area contributed by atoms with Crippen LogP contribution in [0.3, 0.4) is 0 Å². The van der Waals surface area contributed by atoms with E-state index in [0.717, 1.165) is 18.7 Å². The molecule has 0 amide bonds. The quantitative estimate of drug-likeness (QED) is 0.751. The van der Waals surface area contributed by atoms with Gasteiger partial charge in [-0.15, -0.1) is 0 Å². The lowest BCUT2D eigenvalue weighted by Crippen LogP contribution is -2.40. The number of rotatable bonds is 3. The number of thioether (sulfide) groups is 1. The van der Waals surface area contributed by atoms with Crippen LogP contribution in [0, 0.1) is 0 Å². The third kappa shape index (κ3) is 3.83. The SMILES string of the molecule is CC1CSCCCN1CC(O)CF. The fraction of sp³-hybridized carbons (Fsp3) is 1.00. The van der Waals surface area contributed by atoms with Crippen molar-refractivity contribution in [2.24, 2.45) is 0 Å². The van der Waals surface area contributed by atoms with E-state index < -0.39 is 12.8 Å². The molecule has 1 aliphatic heterocycles. The molecule has 13 heavy (non-hydrogen) atoms. The van der Waals surface area contributed by atoms with Gasteiger partial charge in [-0.25, -0.2) is 4.39 Å². The Labute approximate surface area is 83.5 Å². The fourth-order valence-electron chi connectivity index (χ4n) is 1.54. The first-order valence-corrected chi connectivity index (χ1v) is 5.95. The van der Waals surface area contributed by atoms with E-state index in [2.05, 4.69) is 11.8 Å². The summed E-state index contributed by atoms with van der Waals surface area (Å²) in [5, 5.41) is 9.20. The predicted octanol–water partition coefficient (Wildman–Crippen LogP) is 1.14. The van der Waals surface area contributed by atoms with Crippen LogP contribution in [-0.2, 0) is 0 Å². The molecule has 0 aromatic carbocycles. The highest BCUT2D eigenvalue weighted by Crippen LogP contribution is 2.15. The van der Waals surface area contributed by atoms with Crippen LogP contribution < -0.4 is 0 Å². The highest BCUT2D eigenvalue weighted by molar-refractivity contribution is 7.99. The van der Waals surface area contributed by atoms with Crippen LogP contribution in [0.15, 0.2) is 0 Å². The molecule has 4 heteroatoms. The molecule has 2 nitrogen and oxygen atoms in total. The topological polar surface area (TPSA) is 23.5 Å². The Morgan fingerprint density at radius 1 is 1.69 bits per heavy atom. The zero-order chi connectivity index (χ0) is 9.68. The van der Waals surface area contributed by atoms with Crippen LogP contribution in [-0.4, -0.2) is 53.4 Å². The Morgan fingerprint density at radius 3 is 3.15 bits per heavy atom. The summed E-state index contributed by atoms with van der Waals surface area (Å²) in [7, 11) is 0. The van der Waals surface area contributed by atoms with Crippen molar-refractivity contribution in [2.75, 3.05) is 31.3 Å². The van der Waals surface area contributed by atoms with Crippen LogP contribution in [0.4, 0.5) is 4.39 Å². The Hall–Kier alpha value is 0.200. The van der Waals surface area contributed by atoms with E-state index in [1.807, 2.05) is 11.8 Å². The van der Waals surface area contributed by atoms with Gasteiger partial charge in [0.2, 0.25) is 0 Å². The van der Waals surface area contributed by atoms with Crippen molar-refractivity contribution < 1.29 is 9.50 Å². The second kappa shape index (κ2) is 5.83. The van der Waals surface area contributed by atoms with Gasteiger partial charge in [0, 0.05) is 18.3 Å². The molecule has 1 rings (SSSR count). The molecule has 0 aromatic rings. The van der Waals surface area contributed by atoms with Gasteiger partial charge in [0.25, 0.3) is 0 Å². The first-order valence-electron chi connectivity index (χ1n) is 4.80. The number of halogens is 1. The minimum atomic E-state index is -0.800. The second-order valence-electron chi connectivity index (χ2n) is 3.58. The summed E-state index contributed by atoms with van der Waals surface area (Å²) in [4.78, 5) is 2.18. The summed E-state index contributed by atoms with van der Waals surface area (Å²) in [6, 6.07) is 0.466. The molecule has 2 unspecified atom stereocenters. The summed E-state index contributed by atoms with van der Waals surface area (Å²) < 4.78 is 12.1. The fourth-order valence-corrected chi connectivity index (χ4v) is 2.59. The van der Waals surface area contributed by atoms with Crippen molar-refractivity contribution in [3.8, 4) is 0 Å². The Balaban J connectivity index is 2.35. The largest absolute Gasteiger partial charge is 0.389 e. The maximum Gasteiger partial charge on any atom is 0.117 e. The summed E-state index contributed by atoms with van der Waals surface area (Å²) in [6.07, 6.45) is 0.346. The molecule has 0 bridgehead atoms. The molecule has 2 atom stereocenters. The van der Waals surface area contributed by atoms with E-state index in [4.69, 9.17) is 0 Å². The van der Waals surface area contributed by atoms with Gasteiger partial charge in [0.1, 0.15) is 6.67 Å². The van der Waals surface area contributed by atoms with Gasteiger partial charge in [-0.05, 0) is 25.6 Å². The molecule has 1 aliphatic rings. The molecule has 0 aromatic heterocycles. The molecule has 1 N–H and O–H groups in total. The van der Waals surface area contributed by atoms with E-state index in [-0.39, 0.29) is 0 Å². The summed E-state index contributed by atoms with van der Waals surface area (Å²) in [6.45, 7) is 2.99. The maximum absolute atomic E-state index is 12.1. The Morgan fingerprint density at radius 2 is 2.46 bits per heavy atom. The van der Waals surface area contributed by atoms with Gasteiger partial charge in [-0.3, -0.25) is 4.90 Å². The van der Waals surface area contributed by atoms with Crippen molar-refractivity contribution in [3.05, 3.63) is 0 Å². The van der Waals surface area contributed by atoms with Crippen molar-refractivity contribution in [1.29, 1.82) is 0 Å². The van der Waals surface area contributed by atoms with Crippen LogP contribution in [0.25, 0.3) is 0 Å². The highest BCUT2D eigenvalue weighted by atomic mass is 32.2. The van der Waals surface area contributed by atoms with E-state index in [9.17, 15) is 9.50 Å². The third-order valence-corrected chi connectivity index (χ3v) is 3.64. The Bertz CT molecular complexity index is 148. The van der Waals surface area contributed by atoms with E-state index in [1.54, 1.807) is 0 Å². The highest BCUT2D eigenvalue weighted by Gasteiger charge is 2.19. The number of hydrogen-bond donors (Lipinski definition) is 1. The monoisotopic (exact) mass is 207 g/mol. The first kappa shape index (κ1) is 11.3. The van der Waals surface area contributed by atoms with E-state index >= 15 is 0 Å². The van der Waals surface area contributed by atoms with Gasteiger partial charge in [0.05, 0.1) is 6.10 Å². The van der Waals surface area contributed by atoms with Crippen LogP contribution in [0.1, 0.15) is 13.3 Å². The van der Waals surface area contributed by atoms with Gasteiger partial charge in [-0.2, -0.15) is 11.8 Å². The zero-order valence-corrected chi connectivity index (χ0v) is 8.89. The number of aliphatic hydroxyl groups excluding tert-OH is 1. The maximum atomic E-state index is 12.1. The number of nitrogens with zero attached hydrogens (tertiary/aromatic N) is 1. The van der Waals surface area contributed by atoms with Gasteiger partial charge in [0.15, 0.2) is 0 Å². The first-order chi connectivity index (χ1) is 6.24. The molecule has 1 fully saturated rings. The Kier molecular flexibility index (Phi) is 5.06. The normalized spacial score (nSPS) is 28.4. The molecular formula is C9H18FNOS. The average Bonchev–Trinajstić information content (AvgIpc) is 2.32. The zero-order valence-electron chi connectivity index (χ0n) is 8.08. The third-order valence-electron chi connectivity index (χ3n) is 2.34. The van der Waals surface area contributed by atoms with Crippen LogP contribution in [0.2, 0.25) is 0 Å². The minimum Gasteiger partial charge on any atom is -0.389 e. The molecular weight excluding hydrogens is 189 g/mol. The predicted molar refractivity (Wildman–Crippen MR) is 55.0 cm³/mol. The summed E-state index contributed by atoms with van der Waals surface area (Å²) in [5.41, 5.74) is 0. The number of aliphatic hydroxyl groups is 1. The van der Waals surface area contributed by atoms with Crippen molar-refractivity contribution in [2.45, 2.75) is 25.5 Å². The lowest BCUT2D eigenvalue weighted by atomic mass is 10.2. The van der Waals surface area contributed by atoms with Gasteiger partial charge in [-0.1, -0.05) is 0 Å². The number of β-amino-alcohol motifs (C(OH)–C–C–N with tert-alkyl or cyclic N) is 1. The smallest absolute Gasteiger partial charge is 0.117 e.